The molecule has 124 valence electrons. The Morgan fingerprint density at radius 2 is 1.29 bits per heavy atom. The summed E-state index contributed by atoms with van der Waals surface area (Å²) in [5.41, 5.74) is 0. The number of aliphatic hydroxyl groups is 7. The van der Waals surface area contributed by atoms with Gasteiger partial charge in [0.2, 0.25) is 0 Å². The molecular weight excluding hydrogens is 292 g/mol. The molecule has 10 heteroatoms. The van der Waals surface area contributed by atoms with E-state index in [-0.39, 0.29) is 0 Å². The van der Waals surface area contributed by atoms with Gasteiger partial charge in [-0.05, 0) is 0 Å². The normalized spacial score (nSPS) is 51.3. The van der Waals surface area contributed by atoms with Crippen molar-refractivity contribution < 1.29 is 50.0 Å². The molecule has 2 saturated heterocycles. The lowest BCUT2D eigenvalue weighted by Gasteiger charge is -2.41. The first-order valence-electron chi connectivity index (χ1n) is 6.49. The summed E-state index contributed by atoms with van der Waals surface area (Å²) in [7, 11) is 0. The van der Waals surface area contributed by atoms with Gasteiger partial charge in [0, 0.05) is 0 Å². The highest BCUT2D eigenvalue weighted by molar-refractivity contribution is 4.92. The molecule has 2 aliphatic rings. The van der Waals surface area contributed by atoms with Gasteiger partial charge in [-0.25, -0.2) is 0 Å². The molecule has 2 fully saturated rings. The van der Waals surface area contributed by atoms with Crippen molar-refractivity contribution in [2.45, 2.75) is 55.3 Å². The van der Waals surface area contributed by atoms with Crippen LogP contribution in [0.3, 0.4) is 0 Å². The Morgan fingerprint density at radius 3 is 1.81 bits per heavy atom. The van der Waals surface area contributed by atoms with Crippen molar-refractivity contribution in [3.63, 3.8) is 0 Å². The largest absolute Gasteiger partial charge is 0.394 e. The molecule has 7 N–H and O–H groups in total. The molecule has 0 aromatic carbocycles. The van der Waals surface area contributed by atoms with Gasteiger partial charge in [-0.1, -0.05) is 0 Å². The van der Waals surface area contributed by atoms with E-state index in [0.29, 0.717) is 0 Å². The highest BCUT2D eigenvalue weighted by atomic mass is 16.7. The molecular formula is C11H20O10. The zero-order chi connectivity index (χ0) is 15.7. The summed E-state index contributed by atoms with van der Waals surface area (Å²) in [5.74, 6) is 0. The summed E-state index contributed by atoms with van der Waals surface area (Å²) in [5, 5.41) is 66.5. The van der Waals surface area contributed by atoms with Gasteiger partial charge in [0.05, 0.1) is 13.2 Å². The maximum absolute atomic E-state index is 9.92. The maximum atomic E-state index is 9.92. The van der Waals surface area contributed by atoms with E-state index < -0.39 is 68.5 Å². The molecule has 2 aliphatic heterocycles. The number of hydrogen-bond acceptors (Lipinski definition) is 10. The van der Waals surface area contributed by atoms with Crippen LogP contribution >= 0.6 is 0 Å². The van der Waals surface area contributed by atoms with Crippen LogP contribution in [0, 0.1) is 0 Å². The van der Waals surface area contributed by atoms with Crippen LogP contribution in [0.2, 0.25) is 0 Å². The molecule has 0 spiro atoms. The van der Waals surface area contributed by atoms with Crippen molar-refractivity contribution in [1.29, 1.82) is 0 Å². The van der Waals surface area contributed by atoms with E-state index in [2.05, 4.69) is 0 Å². The van der Waals surface area contributed by atoms with Crippen LogP contribution < -0.4 is 0 Å². The third-order valence-electron chi connectivity index (χ3n) is 3.63. The minimum Gasteiger partial charge on any atom is -0.394 e. The van der Waals surface area contributed by atoms with Gasteiger partial charge in [-0.2, -0.15) is 0 Å². The molecule has 0 radical (unpaired) electrons. The molecule has 9 atom stereocenters. The van der Waals surface area contributed by atoms with Gasteiger partial charge in [0.25, 0.3) is 0 Å². The highest BCUT2D eigenvalue weighted by Crippen LogP contribution is 2.28. The lowest BCUT2D eigenvalue weighted by Crippen LogP contribution is -2.60. The van der Waals surface area contributed by atoms with Crippen molar-refractivity contribution in [2.75, 3.05) is 13.2 Å². The van der Waals surface area contributed by atoms with Crippen LogP contribution in [0.5, 0.6) is 0 Å². The Hall–Kier alpha value is -0.400. The molecule has 0 unspecified atom stereocenters. The summed E-state index contributed by atoms with van der Waals surface area (Å²) in [6.07, 6.45) is -12.8. The molecule has 0 aromatic heterocycles. The van der Waals surface area contributed by atoms with Gasteiger partial charge < -0.3 is 50.0 Å². The average Bonchev–Trinajstić information content (AvgIpc) is 2.74. The summed E-state index contributed by atoms with van der Waals surface area (Å²) < 4.78 is 15.0. The first kappa shape index (κ1) is 17.0. The van der Waals surface area contributed by atoms with Gasteiger partial charge in [0.15, 0.2) is 12.6 Å². The molecule has 21 heavy (non-hydrogen) atoms. The molecule has 0 aromatic rings. The van der Waals surface area contributed by atoms with Crippen molar-refractivity contribution in [1.82, 2.24) is 0 Å². The molecule has 0 saturated carbocycles. The highest BCUT2D eigenvalue weighted by Gasteiger charge is 2.50. The molecule has 0 bridgehead atoms. The fourth-order valence-corrected chi connectivity index (χ4v) is 2.36. The third kappa shape index (κ3) is 3.19. The van der Waals surface area contributed by atoms with Crippen LogP contribution in [0.4, 0.5) is 0 Å². The van der Waals surface area contributed by atoms with E-state index in [1.807, 2.05) is 0 Å². The fraction of sp³-hybridized carbons (Fsp3) is 1.00. The van der Waals surface area contributed by atoms with E-state index in [1.54, 1.807) is 0 Å². The average molecular weight is 312 g/mol. The second kappa shape index (κ2) is 6.79. The van der Waals surface area contributed by atoms with Gasteiger partial charge in [-0.15, -0.1) is 0 Å². The lowest BCUT2D eigenvalue weighted by molar-refractivity contribution is -0.321. The molecule has 10 nitrogen and oxygen atoms in total. The Morgan fingerprint density at radius 1 is 0.714 bits per heavy atom. The quantitative estimate of drug-likeness (QED) is 0.267. The SMILES string of the molecule is OC[C@@H]1O[C@@H](O[C@@H]2[C@@H](O)[C@@H](O)O[C@H](CO)[C@H]2O)[C@H](O)[C@H]1O. The smallest absolute Gasteiger partial charge is 0.187 e. The van der Waals surface area contributed by atoms with Crippen molar-refractivity contribution >= 4 is 0 Å². The number of aliphatic hydroxyl groups excluding tert-OH is 7. The molecule has 2 heterocycles. The minimum absolute atomic E-state index is 0.557. The Kier molecular flexibility index (Phi) is 5.48. The summed E-state index contributed by atoms with van der Waals surface area (Å²) >= 11 is 0. The van der Waals surface area contributed by atoms with E-state index in [1.165, 1.54) is 0 Å². The summed E-state index contributed by atoms with van der Waals surface area (Å²) in [6.45, 7) is -1.18. The fourth-order valence-electron chi connectivity index (χ4n) is 2.36. The molecule has 2 rings (SSSR count). The van der Waals surface area contributed by atoms with E-state index in [0.717, 1.165) is 0 Å². The first-order valence-corrected chi connectivity index (χ1v) is 6.49. The number of rotatable bonds is 4. The number of hydrogen-bond donors (Lipinski definition) is 7. The molecule has 0 amide bonds. The maximum Gasteiger partial charge on any atom is 0.187 e. The van der Waals surface area contributed by atoms with Crippen molar-refractivity contribution in [3.8, 4) is 0 Å². The van der Waals surface area contributed by atoms with Gasteiger partial charge in [-0.3, -0.25) is 0 Å². The van der Waals surface area contributed by atoms with Crippen molar-refractivity contribution in [3.05, 3.63) is 0 Å². The van der Waals surface area contributed by atoms with Crippen LogP contribution in [-0.2, 0) is 14.2 Å². The zero-order valence-corrected chi connectivity index (χ0v) is 11.0. The Balaban J connectivity index is 2.06. The van der Waals surface area contributed by atoms with E-state index >= 15 is 0 Å². The van der Waals surface area contributed by atoms with Gasteiger partial charge >= 0.3 is 0 Å². The van der Waals surface area contributed by atoms with Crippen LogP contribution in [0.15, 0.2) is 0 Å². The number of ether oxygens (including phenoxy) is 3. The zero-order valence-electron chi connectivity index (χ0n) is 11.0. The topological polar surface area (TPSA) is 169 Å². The Bertz CT molecular complexity index is 341. The lowest BCUT2D eigenvalue weighted by atomic mass is 9.99. The van der Waals surface area contributed by atoms with E-state index in [9.17, 15) is 25.5 Å². The molecule has 0 aliphatic carbocycles. The second-order valence-electron chi connectivity index (χ2n) is 5.04. The van der Waals surface area contributed by atoms with Crippen molar-refractivity contribution in [2.24, 2.45) is 0 Å². The summed E-state index contributed by atoms with van der Waals surface area (Å²) in [4.78, 5) is 0. The first-order chi connectivity index (χ1) is 9.90. The third-order valence-corrected chi connectivity index (χ3v) is 3.63. The van der Waals surface area contributed by atoms with Crippen LogP contribution in [-0.4, -0.2) is 104 Å². The Labute approximate surface area is 119 Å². The second-order valence-corrected chi connectivity index (χ2v) is 5.04. The monoisotopic (exact) mass is 312 g/mol. The minimum atomic E-state index is -1.70. The predicted octanol–water partition coefficient (Wildman–Crippen LogP) is -4.76. The standard InChI is InChI=1S/C11H20O10/c12-1-3-5(14)7(16)11(20-3)21-9-6(15)4(2-13)19-10(18)8(9)17/h3-18H,1-2H2/t3-,4+,5-,6+,7+,8+,9-,10-,11-/m0/s1. The van der Waals surface area contributed by atoms with Gasteiger partial charge in [0.1, 0.15) is 42.7 Å². The summed E-state index contributed by atoms with van der Waals surface area (Å²) in [6, 6.07) is 0. The van der Waals surface area contributed by atoms with Crippen LogP contribution in [0.1, 0.15) is 0 Å². The predicted molar refractivity (Wildman–Crippen MR) is 62.6 cm³/mol. The van der Waals surface area contributed by atoms with E-state index in [4.69, 9.17) is 24.4 Å². The van der Waals surface area contributed by atoms with Crippen LogP contribution in [0.25, 0.3) is 0 Å².